The number of aliphatic hydroxyl groups excluding tert-OH is 1. The van der Waals surface area contributed by atoms with Gasteiger partial charge in [-0.25, -0.2) is 0 Å². The van der Waals surface area contributed by atoms with E-state index in [1.807, 2.05) is 12.1 Å². The van der Waals surface area contributed by atoms with Gasteiger partial charge in [-0.2, -0.15) is 0 Å². The van der Waals surface area contributed by atoms with Crippen LogP contribution < -0.4 is 9.64 Å². The Morgan fingerprint density at radius 1 is 1.19 bits per heavy atom. The third-order valence-electron chi connectivity index (χ3n) is 4.69. The number of hydrogen-bond donors (Lipinski definition) is 2. The monoisotopic (exact) mass is 370 g/mol. The Hall–Kier alpha value is -2.90. The van der Waals surface area contributed by atoms with Gasteiger partial charge in [0.1, 0.15) is 11.8 Å². The first-order valence-electron chi connectivity index (χ1n) is 8.64. The highest BCUT2D eigenvalue weighted by Crippen LogP contribution is 2.27. The fourth-order valence-corrected chi connectivity index (χ4v) is 3.28. The maximum absolute atomic E-state index is 12.7. The minimum absolute atomic E-state index is 0.00985. The number of carboxylic acid groups (broad SMARTS) is 1. The van der Waals surface area contributed by atoms with Gasteiger partial charge in [-0.15, -0.1) is 0 Å². The van der Waals surface area contributed by atoms with Crippen LogP contribution in [0.15, 0.2) is 48.5 Å². The minimum Gasteiger partial charge on any atom is -0.497 e. The third kappa shape index (κ3) is 4.10. The number of carbonyl (C=O) groups excluding carboxylic acids is 1. The first kappa shape index (κ1) is 18.9. The maximum Gasteiger partial charge on any atom is 0.325 e. The second-order valence-corrected chi connectivity index (χ2v) is 6.36. The summed E-state index contributed by atoms with van der Waals surface area (Å²) >= 11 is 0. The van der Waals surface area contributed by atoms with Crippen LogP contribution in [0.3, 0.4) is 0 Å². The van der Waals surface area contributed by atoms with Crippen molar-refractivity contribution in [1.29, 1.82) is 0 Å². The number of benzene rings is 2. The van der Waals surface area contributed by atoms with Crippen molar-refractivity contribution < 1.29 is 24.5 Å². The van der Waals surface area contributed by atoms with Crippen molar-refractivity contribution in [2.45, 2.75) is 12.6 Å². The number of piperazine rings is 1. The van der Waals surface area contributed by atoms with Gasteiger partial charge in [0.2, 0.25) is 5.91 Å². The average molecular weight is 370 g/mol. The lowest BCUT2D eigenvalue weighted by Crippen LogP contribution is -2.52. The molecule has 1 heterocycles. The number of anilines is 1. The average Bonchev–Trinajstić information content (AvgIpc) is 2.68. The number of carbonyl (C=O) groups is 2. The number of ether oxygens (including phenoxy) is 1. The predicted molar refractivity (Wildman–Crippen MR) is 99.7 cm³/mol. The minimum atomic E-state index is -1.01. The molecule has 0 radical (unpaired) electrons. The van der Waals surface area contributed by atoms with Gasteiger partial charge in [-0.1, -0.05) is 30.3 Å². The van der Waals surface area contributed by atoms with Crippen LogP contribution in [-0.4, -0.2) is 53.7 Å². The lowest BCUT2D eigenvalue weighted by Gasteiger charge is -2.37. The fourth-order valence-electron chi connectivity index (χ4n) is 3.28. The number of nitrogens with zero attached hydrogens (tertiary/aromatic N) is 2. The molecule has 2 N–H and O–H groups in total. The Labute approximate surface area is 157 Å². The van der Waals surface area contributed by atoms with E-state index in [2.05, 4.69) is 0 Å². The molecule has 3 rings (SSSR count). The molecule has 27 heavy (non-hydrogen) atoms. The highest BCUT2D eigenvalue weighted by atomic mass is 16.5. The van der Waals surface area contributed by atoms with Crippen LogP contribution in [-0.2, 0) is 16.2 Å². The third-order valence-corrected chi connectivity index (χ3v) is 4.69. The molecule has 1 unspecified atom stereocenters. The molecular formula is C20H22N2O5. The lowest BCUT2D eigenvalue weighted by atomic mass is 10.0. The number of rotatable bonds is 6. The molecule has 2 aromatic rings. The van der Waals surface area contributed by atoms with Crippen molar-refractivity contribution >= 4 is 17.6 Å². The summed E-state index contributed by atoms with van der Waals surface area (Å²) in [5, 5.41) is 18.9. The molecule has 0 aromatic heterocycles. The summed E-state index contributed by atoms with van der Waals surface area (Å²) < 4.78 is 5.20. The largest absolute Gasteiger partial charge is 0.497 e. The summed E-state index contributed by atoms with van der Waals surface area (Å²) in [5.74, 6) is -0.503. The van der Waals surface area contributed by atoms with E-state index in [1.165, 1.54) is 0 Å². The van der Waals surface area contributed by atoms with Gasteiger partial charge in [0.15, 0.2) is 0 Å². The van der Waals surface area contributed by atoms with Crippen LogP contribution in [0.1, 0.15) is 17.2 Å². The van der Waals surface area contributed by atoms with E-state index >= 15 is 0 Å². The second kappa shape index (κ2) is 8.20. The summed E-state index contributed by atoms with van der Waals surface area (Å²) in [5.41, 5.74) is 2.03. The number of amides is 1. The molecule has 1 atom stereocenters. The smallest absolute Gasteiger partial charge is 0.325 e. The quantitative estimate of drug-likeness (QED) is 0.804. The Kier molecular flexibility index (Phi) is 5.73. The second-order valence-electron chi connectivity index (χ2n) is 6.36. The zero-order chi connectivity index (χ0) is 19.4. The molecule has 0 bridgehead atoms. The number of aliphatic hydroxyl groups is 1. The van der Waals surface area contributed by atoms with Crippen molar-refractivity contribution in [2.75, 3.05) is 31.6 Å². The number of methoxy groups -OCH3 is 1. The first-order chi connectivity index (χ1) is 13.0. The van der Waals surface area contributed by atoms with E-state index in [0.717, 1.165) is 5.69 Å². The van der Waals surface area contributed by atoms with Crippen LogP contribution in [0.2, 0.25) is 0 Å². The van der Waals surface area contributed by atoms with E-state index in [4.69, 9.17) is 9.84 Å². The van der Waals surface area contributed by atoms with Crippen LogP contribution >= 0.6 is 0 Å². The molecule has 1 fully saturated rings. The van der Waals surface area contributed by atoms with Gasteiger partial charge in [-0.3, -0.25) is 14.5 Å². The van der Waals surface area contributed by atoms with E-state index in [0.29, 0.717) is 30.0 Å². The van der Waals surface area contributed by atoms with E-state index in [-0.39, 0.29) is 19.1 Å². The molecule has 0 saturated carbocycles. The van der Waals surface area contributed by atoms with Crippen molar-refractivity contribution in [3.05, 3.63) is 59.7 Å². The molecule has 1 aliphatic heterocycles. The van der Waals surface area contributed by atoms with Crippen LogP contribution in [0.25, 0.3) is 0 Å². The molecular weight excluding hydrogens is 348 g/mol. The lowest BCUT2D eigenvalue weighted by molar-refractivity contribution is -0.144. The summed E-state index contributed by atoms with van der Waals surface area (Å²) in [6.07, 6.45) is 0. The molecule has 7 heteroatoms. The normalized spacial score (nSPS) is 16.2. The van der Waals surface area contributed by atoms with Gasteiger partial charge < -0.3 is 19.8 Å². The highest BCUT2D eigenvalue weighted by molar-refractivity contribution is 5.96. The van der Waals surface area contributed by atoms with Gasteiger partial charge in [-0.05, 0) is 23.3 Å². The number of hydrogen-bond acceptors (Lipinski definition) is 5. The fraction of sp³-hybridized carbons (Fsp3) is 0.300. The van der Waals surface area contributed by atoms with Crippen molar-refractivity contribution in [2.24, 2.45) is 0 Å². The van der Waals surface area contributed by atoms with E-state index < -0.39 is 12.0 Å². The number of aliphatic carboxylic acids is 1. The molecule has 1 amide bonds. The van der Waals surface area contributed by atoms with Gasteiger partial charge >= 0.3 is 5.97 Å². The van der Waals surface area contributed by atoms with Gasteiger partial charge in [0.25, 0.3) is 0 Å². The Balaban J connectivity index is 1.78. The zero-order valence-electron chi connectivity index (χ0n) is 15.0. The molecule has 7 nitrogen and oxygen atoms in total. The molecule has 142 valence electrons. The predicted octanol–water partition coefficient (Wildman–Crippen LogP) is 1.66. The molecule has 2 aromatic carbocycles. The maximum atomic E-state index is 12.7. The van der Waals surface area contributed by atoms with Gasteiger partial charge in [0, 0.05) is 24.8 Å². The van der Waals surface area contributed by atoms with Gasteiger partial charge in [0.05, 0.1) is 20.3 Å². The molecule has 1 saturated heterocycles. The molecule has 0 aliphatic carbocycles. The summed E-state index contributed by atoms with van der Waals surface area (Å²) in [4.78, 5) is 27.9. The standard InChI is InChI=1S/C20H22N2O5/c1-27-17-4-2-3-16(11-17)22-10-9-21(12-18(22)24)19(20(25)26)15-7-5-14(13-23)6-8-15/h2-8,11,19,23H,9-10,12-13H2,1H3,(H,25,26). The Morgan fingerprint density at radius 2 is 1.93 bits per heavy atom. The highest BCUT2D eigenvalue weighted by Gasteiger charge is 2.34. The Morgan fingerprint density at radius 3 is 2.52 bits per heavy atom. The number of carboxylic acids is 1. The Bertz CT molecular complexity index is 821. The SMILES string of the molecule is COc1cccc(N2CCN(C(C(=O)O)c3ccc(CO)cc3)CC2=O)c1. The van der Waals surface area contributed by atoms with Crippen LogP contribution in [0, 0.1) is 0 Å². The van der Waals surface area contributed by atoms with Crippen LogP contribution in [0.5, 0.6) is 5.75 Å². The summed E-state index contributed by atoms with van der Waals surface area (Å²) in [6, 6.07) is 13.1. The van der Waals surface area contributed by atoms with E-state index in [1.54, 1.807) is 53.3 Å². The first-order valence-corrected chi connectivity index (χ1v) is 8.64. The van der Waals surface area contributed by atoms with Crippen LogP contribution in [0.4, 0.5) is 5.69 Å². The topological polar surface area (TPSA) is 90.3 Å². The molecule has 0 spiro atoms. The van der Waals surface area contributed by atoms with Crippen molar-refractivity contribution in [1.82, 2.24) is 4.90 Å². The van der Waals surface area contributed by atoms with Crippen molar-refractivity contribution in [3.8, 4) is 5.75 Å². The molecule has 1 aliphatic rings. The van der Waals surface area contributed by atoms with Crippen molar-refractivity contribution in [3.63, 3.8) is 0 Å². The summed E-state index contributed by atoms with van der Waals surface area (Å²) in [6.45, 7) is 0.734. The zero-order valence-corrected chi connectivity index (χ0v) is 15.0. The summed E-state index contributed by atoms with van der Waals surface area (Å²) in [7, 11) is 1.57. The van der Waals surface area contributed by atoms with E-state index in [9.17, 15) is 14.7 Å².